The fraction of sp³-hybridized carbons (Fsp3) is 0.158. The Morgan fingerprint density at radius 2 is 1.92 bits per heavy atom. The van der Waals surface area contributed by atoms with Gasteiger partial charge in [0.05, 0.1) is 23.7 Å². The zero-order chi connectivity index (χ0) is 17.6. The summed E-state index contributed by atoms with van der Waals surface area (Å²) in [4.78, 5) is 6.83. The third-order valence-electron chi connectivity index (χ3n) is 4.28. The highest BCUT2D eigenvalue weighted by atomic mass is 16.5. The number of hydrogen-bond donors (Lipinski definition) is 1. The highest BCUT2D eigenvalue weighted by Crippen LogP contribution is 2.29. The molecule has 4 rings (SSSR count). The van der Waals surface area contributed by atoms with Crippen molar-refractivity contribution in [3.05, 3.63) is 48.5 Å². The molecule has 6 heteroatoms. The van der Waals surface area contributed by atoms with E-state index in [1.807, 2.05) is 61.5 Å². The van der Waals surface area contributed by atoms with Gasteiger partial charge in [0.1, 0.15) is 5.75 Å². The second-order valence-electron chi connectivity index (χ2n) is 6.13. The zero-order valence-corrected chi connectivity index (χ0v) is 14.4. The number of rotatable bonds is 3. The van der Waals surface area contributed by atoms with Crippen LogP contribution < -0.4 is 15.4 Å². The highest BCUT2D eigenvalue weighted by molar-refractivity contribution is 5.97. The van der Waals surface area contributed by atoms with Gasteiger partial charge < -0.3 is 15.4 Å². The Balaban J connectivity index is 1.98. The Labute approximate surface area is 145 Å². The van der Waals surface area contributed by atoms with E-state index in [0.29, 0.717) is 5.82 Å². The van der Waals surface area contributed by atoms with Crippen LogP contribution in [0.1, 0.15) is 0 Å². The predicted molar refractivity (Wildman–Crippen MR) is 102 cm³/mol. The van der Waals surface area contributed by atoms with Crippen LogP contribution in [0.4, 0.5) is 11.5 Å². The number of nitrogen functional groups attached to an aromatic ring is 1. The molecule has 4 aromatic rings. The van der Waals surface area contributed by atoms with Gasteiger partial charge in [0, 0.05) is 31.2 Å². The van der Waals surface area contributed by atoms with Crippen LogP contribution in [0.2, 0.25) is 0 Å². The topological polar surface area (TPSA) is 69.2 Å². The number of anilines is 2. The Morgan fingerprint density at radius 3 is 2.68 bits per heavy atom. The highest BCUT2D eigenvalue weighted by Gasteiger charge is 2.13. The summed E-state index contributed by atoms with van der Waals surface area (Å²) >= 11 is 0. The lowest BCUT2D eigenvalue weighted by Gasteiger charge is -2.13. The van der Waals surface area contributed by atoms with Crippen molar-refractivity contribution in [1.29, 1.82) is 0 Å². The minimum Gasteiger partial charge on any atom is -0.497 e. The third-order valence-corrected chi connectivity index (χ3v) is 4.28. The molecule has 0 spiro atoms. The van der Waals surface area contributed by atoms with Gasteiger partial charge in [-0.3, -0.25) is 0 Å². The molecule has 2 aromatic carbocycles. The molecule has 0 aliphatic heterocycles. The summed E-state index contributed by atoms with van der Waals surface area (Å²) in [6.07, 6.45) is 0. The Morgan fingerprint density at radius 1 is 1.08 bits per heavy atom. The summed E-state index contributed by atoms with van der Waals surface area (Å²) in [5.74, 6) is 1.24. The third kappa shape index (κ3) is 2.52. The first-order chi connectivity index (χ1) is 12.1. The molecule has 0 bridgehead atoms. The second kappa shape index (κ2) is 5.66. The molecule has 2 heterocycles. The van der Waals surface area contributed by atoms with E-state index in [1.54, 1.807) is 11.8 Å². The number of ether oxygens (including phenoxy) is 1. The summed E-state index contributed by atoms with van der Waals surface area (Å²) in [7, 11) is 5.66. The maximum Gasteiger partial charge on any atom is 0.165 e. The van der Waals surface area contributed by atoms with Gasteiger partial charge in [0.15, 0.2) is 11.5 Å². The van der Waals surface area contributed by atoms with Crippen LogP contribution in [0, 0.1) is 0 Å². The SMILES string of the molecule is COc1ccc2cc3c(N)nn(-c4cccc(N(C)C)c4)c3nc2c1. The molecule has 0 saturated carbocycles. The minimum atomic E-state index is 0.468. The number of aromatic nitrogens is 3. The second-order valence-corrected chi connectivity index (χ2v) is 6.13. The van der Waals surface area contributed by atoms with Gasteiger partial charge in [-0.05, 0) is 36.4 Å². The standard InChI is InChI=1S/C19H19N5O/c1-23(2)13-5-4-6-14(10-13)24-19-16(18(20)22-24)9-12-7-8-15(25-3)11-17(12)21-19/h4-11H,1-3H3,(H2,20,22). The molecule has 2 aromatic heterocycles. The van der Waals surface area contributed by atoms with Crippen molar-refractivity contribution < 1.29 is 4.74 Å². The lowest BCUT2D eigenvalue weighted by Crippen LogP contribution is -2.09. The number of benzene rings is 2. The van der Waals surface area contributed by atoms with Crippen LogP contribution in [0.25, 0.3) is 27.6 Å². The number of methoxy groups -OCH3 is 1. The fourth-order valence-corrected chi connectivity index (χ4v) is 2.91. The van der Waals surface area contributed by atoms with Crippen molar-refractivity contribution in [3.8, 4) is 11.4 Å². The van der Waals surface area contributed by atoms with Gasteiger partial charge in [-0.1, -0.05) is 6.07 Å². The largest absolute Gasteiger partial charge is 0.497 e. The summed E-state index contributed by atoms with van der Waals surface area (Å²) in [5, 5.41) is 6.35. The van der Waals surface area contributed by atoms with Crippen molar-refractivity contribution in [1.82, 2.24) is 14.8 Å². The molecule has 126 valence electrons. The molecule has 0 amide bonds. The maximum absolute atomic E-state index is 6.15. The van der Waals surface area contributed by atoms with E-state index in [0.717, 1.165) is 39.1 Å². The van der Waals surface area contributed by atoms with E-state index in [1.165, 1.54) is 0 Å². The first kappa shape index (κ1) is 15.3. The average Bonchev–Trinajstić information content (AvgIpc) is 2.95. The molecule has 0 aliphatic carbocycles. The van der Waals surface area contributed by atoms with Crippen LogP contribution in [0.5, 0.6) is 5.75 Å². The van der Waals surface area contributed by atoms with Crippen molar-refractivity contribution in [3.63, 3.8) is 0 Å². The van der Waals surface area contributed by atoms with E-state index >= 15 is 0 Å². The van der Waals surface area contributed by atoms with E-state index in [-0.39, 0.29) is 0 Å². The summed E-state index contributed by atoms with van der Waals surface area (Å²) in [6, 6.07) is 15.9. The molecular formula is C19H19N5O. The number of nitrogens with two attached hydrogens (primary N) is 1. The molecule has 0 aliphatic rings. The van der Waals surface area contributed by atoms with Crippen LogP contribution in [0.3, 0.4) is 0 Å². The van der Waals surface area contributed by atoms with Gasteiger partial charge in [0.2, 0.25) is 0 Å². The molecule has 0 radical (unpaired) electrons. The number of pyridine rings is 1. The monoisotopic (exact) mass is 333 g/mol. The van der Waals surface area contributed by atoms with Crippen molar-refractivity contribution in [2.75, 3.05) is 31.8 Å². The quantitative estimate of drug-likeness (QED) is 0.623. The van der Waals surface area contributed by atoms with Crippen molar-refractivity contribution in [2.45, 2.75) is 0 Å². The van der Waals surface area contributed by atoms with Gasteiger partial charge in [-0.15, -0.1) is 5.10 Å². The van der Waals surface area contributed by atoms with Gasteiger partial charge in [0.25, 0.3) is 0 Å². The van der Waals surface area contributed by atoms with Gasteiger partial charge in [-0.2, -0.15) is 0 Å². The summed E-state index contributed by atoms with van der Waals surface area (Å²) in [5.41, 5.74) is 9.73. The van der Waals surface area contributed by atoms with E-state index in [9.17, 15) is 0 Å². The first-order valence-corrected chi connectivity index (χ1v) is 7.97. The van der Waals surface area contributed by atoms with Crippen molar-refractivity contribution in [2.24, 2.45) is 0 Å². The van der Waals surface area contributed by atoms with E-state index < -0.39 is 0 Å². The summed E-state index contributed by atoms with van der Waals surface area (Å²) in [6.45, 7) is 0. The normalized spacial score (nSPS) is 11.2. The molecule has 0 atom stereocenters. The first-order valence-electron chi connectivity index (χ1n) is 7.97. The number of fused-ring (bicyclic) bond motifs is 2. The van der Waals surface area contributed by atoms with Crippen LogP contribution in [-0.4, -0.2) is 36.0 Å². The van der Waals surface area contributed by atoms with E-state index in [4.69, 9.17) is 15.5 Å². The Kier molecular flexibility index (Phi) is 3.46. The van der Waals surface area contributed by atoms with Crippen LogP contribution in [0.15, 0.2) is 48.5 Å². The molecule has 2 N–H and O–H groups in total. The molecule has 25 heavy (non-hydrogen) atoms. The predicted octanol–water partition coefficient (Wildman–Crippen LogP) is 3.23. The van der Waals surface area contributed by atoms with E-state index in [2.05, 4.69) is 11.2 Å². The smallest absolute Gasteiger partial charge is 0.165 e. The molecule has 0 fully saturated rings. The van der Waals surface area contributed by atoms with Crippen LogP contribution >= 0.6 is 0 Å². The molecule has 0 unspecified atom stereocenters. The molecule has 0 saturated heterocycles. The lowest BCUT2D eigenvalue weighted by atomic mass is 10.2. The lowest BCUT2D eigenvalue weighted by molar-refractivity contribution is 0.415. The van der Waals surface area contributed by atoms with Gasteiger partial charge >= 0.3 is 0 Å². The van der Waals surface area contributed by atoms with Crippen LogP contribution in [-0.2, 0) is 0 Å². The molecule has 6 nitrogen and oxygen atoms in total. The van der Waals surface area contributed by atoms with Crippen molar-refractivity contribution >= 4 is 33.4 Å². The zero-order valence-electron chi connectivity index (χ0n) is 14.4. The average molecular weight is 333 g/mol. The van der Waals surface area contributed by atoms with Gasteiger partial charge in [-0.25, -0.2) is 9.67 Å². The minimum absolute atomic E-state index is 0.468. The fourth-order valence-electron chi connectivity index (χ4n) is 2.91. The Bertz CT molecular complexity index is 1080. The Hall–Kier alpha value is -3.28. The maximum atomic E-state index is 6.15. The summed E-state index contributed by atoms with van der Waals surface area (Å²) < 4.78 is 7.09. The number of hydrogen-bond acceptors (Lipinski definition) is 5. The molecular weight excluding hydrogens is 314 g/mol. The number of nitrogens with zero attached hydrogens (tertiary/aromatic N) is 4.